The molecule has 0 saturated heterocycles. The van der Waals surface area contributed by atoms with Crippen LogP contribution in [0.25, 0.3) is 0 Å². The molecule has 0 saturated carbocycles. The molecule has 27 heavy (non-hydrogen) atoms. The van der Waals surface area contributed by atoms with E-state index in [1.54, 1.807) is 31.4 Å². The van der Waals surface area contributed by atoms with Gasteiger partial charge < -0.3 is 20.7 Å². The van der Waals surface area contributed by atoms with Crippen LogP contribution in [0.4, 0.5) is 5.69 Å². The van der Waals surface area contributed by atoms with E-state index in [1.165, 1.54) is 0 Å². The maximum atomic E-state index is 12.3. The van der Waals surface area contributed by atoms with Crippen LogP contribution in [0.5, 0.6) is 5.75 Å². The SMILES string of the molecule is COc1ccc(CCNC(=O)C[C@H]2NC(=O)c3ccccc3NC2=O)cc1. The molecule has 0 unspecified atom stereocenters. The quantitative estimate of drug-likeness (QED) is 0.721. The Bertz CT molecular complexity index is 849. The number of carbonyl (C=O) groups is 3. The van der Waals surface area contributed by atoms with Crippen molar-refractivity contribution in [1.29, 1.82) is 0 Å². The second-order valence-electron chi connectivity index (χ2n) is 6.21. The third-order valence-corrected chi connectivity index (χ3v) is 4.34. The van der Waals surface area contributed by atoms with Gasteiger partial charge in [0.2, 0.25) is 11.8 Å². The highest BCUT2D eigenvalue weighted by Crippen LogP contribution is 2.18. The minimum atomic E-state index is -0.911. The van der Waals surface area contributed by atoms with Crippen molar-refractivity contribution in [3.8, 4) is 5.75 Å². The van der Waals surface area contributed by atoms with Crippen molar-refractivity contribution in [2.24, 2.45) is 0 Å². The van der Waals surface area contributed by atoms with Crippen molar-refractivity contribution in [2.75, 3.05) is 19.0 Å². The molecule has 1 atom stereocenters. The van der Waals surface area contributed by atoms with Gasteiger partial charge in [0.15, 0.2) is 0 Å². The molecule has 140 valence electrons. The summed E-state index contributed by atoms with van der Waals surface area (Å²) in [5.74, 6) is -0.299. The molecule has 7 nitrogen and oxygen atoms in total. The number of ether oxygens (including phenoxy) is 1. The highest BCUT2D eigenvalue weighted by atomic mass is 16.5. The van der Waals surface area contributed by atoms with E-state index in [1.807, 2.05) is 24.3 Å². The van der Waals surface area contributed by atoms with E-state index in [0.29, 0.717) is 24.2 Å². The zero-order valence-corrected chi connectivity index (χ0v) is 15.0. The summed E-state index contributed by atoms with van der Waals surface area (Å²) in [6.45, 7) is 0.438. The van der Waals surface area contributed by atoms with Gasteiger partial charge in [-0.05, 0) is 36.2 Å². The van der Waals surface area contributed by atoms with Crippen LogP contribution in [-0.2, 0) is 16.0 Å². The van der Waals surface area contributed by atoms with Gasteiger partial charge in [-0.25, -0.2) is 0 Å². The first-order chi connectivity index (χ1) is 13.1. The minimum Gasteiger partial charge on any atom is -0.497 e. The first-order valence-corrected chi connectivity index (χ1v) is 8.67. The van der Waals surface area contributed by atoms with Gasteiger partial charge in [-0.1, -0.05) is 24.3 Å². The molecule has 0 radical (unpaired) electrons. The summed E-state index contributed by atoms with van der Waals surface area (Å²) < 4.78 is 5.11. The predicted octanol–water partition coefficient (Wildman–Crippen LogP) is 1.49. The number of benzene rings is 2. The van der Waals surface area contributed by atoms with Gasteiger partial charge in [-0.3, -0.25) is 14.4 Å². The number of hydrogen-bond acceptors (Lipinski definition) is 4. The van der Waals surface area contributed by atoms with Gasteiger partial charge in [-0.15, -0.1) is 0 Å². The van der Waals surface area contributed by atoms with Crippen LogP contribution in [0.15, 0.2) is 48.5 Å². The lowest BCUT2D eigenvalue weighted by Crippen LogP contribution is -2.44. The van der Waals surface area contributed by atoms with Crippen molar-refractivity contribution in [3.63, 3.8) is 0 Å². The van der Waals surface area contributed by atoms with Crippen molar-refractivity contribution in [3.05, 3.63) is 59.7 Å². The van der Waals surface area contributed by atoms with E-state index >= 15 is 0 Å². The Labute approximate surface area is 157 Å². The Balaban J connectivity index is 1.51. The number of rotatable bonds is 6. The maximum Gasteiger partial charge on any atom is 0.254 e. The fraction of sp³-hybridized carbons (Fsp3) is 0.250. The van der Waals surface area contributed by atoms with Crippen molar-refractivity contribution in [2.45, 2.75) is 18.9 Å². The molecular formula is C20H21N3O4. The number of anilines is 1. The number of hydrogen-bond donors (Lipinski definition) is 3. The lowest BCUT2D eigenvalue weighted by Gasteiger charge is -2.14. The van der Waals surface area contributed by atoms with Gasteiger partial charge in [0.05, 0.1) is 24.8 Å². The van der Waals surface area contributed by atoms with Crippen molar-refractivity contribution < 1.29 is 19.1 Å². The minimum absolute atomic E-state index is 0.117. The molecular weight excluding hydrogens is 346 g/mol. The number of fused-ring (bicyclic) bond motifs is 1. The summed E-state index contributed by atoms with van der Waals surface area (Å²) in [5.41, 5.74) is 1.89. The zero-order chi connectivity index (χ0) is 19.2. The molecule has 0 aliphatic carbocycles. The molecule has 0 aromatic heterocycles. The zero-order valence-electron chi connectivity index (χ0n) is 15.0. The monoisotopic (exact) mass is 367 g/mol. The molecule has 2 aromatic rings. The Morgan fingerprint density at radius 3 is 2.59 bits per heavy atom. The normalized spacial score (nSPS) is 15.8. The van der Waals surface area contributed by atoms with E-state index in [9.17, 15) is 14.4 Å². The lowest BCUT2D eigenvalue weighted by molar-refractivity contribution is -0.125. The molecule has 0 bridgehead atoms. The Morgan fingerprint density at radius 2 is 1.85 bits per heavy atom. The van der Waals surface area contributed by atoms with Crippen LogP contribution in [0.1, 0.15) is 22.3 Å². The molecule has 7 heteroatoms. The molecule has 0 spiro atoms. The van der Waals surface area contributed by atoms with Gasteiger partial charge in [0.25, 0.3) is 5.91 Å². The fourth-order valence-corrected chi connectivity index (χ4v) is 2.85. The second kappa shape index (κ2) is 8.35. The van der Waals surface area contributed by atoms with Crippen molar-refractivity contribution >= 4 is 23.4 Å². The molecule has 3 N–H and O–H groups in total. The first-order valence-electron chi connectivity index (χ1n) is 8.67. The molecule has 1 aliphatic heterocycles. The average Bonchev–Trinajstić information content (AvgIpc) is 2.79. The standard InChI is InChI=1S/C20H21N3O4/c1-27-14-8-6-13(7-9-14)10-11-21-18(24)12-17-20(26)22-16-5-3-2-4-15(16)19(25)23-17/h2-9,17H,10-12H2,1H3,(H,21,24)(H,22,26)(H,23,25)/t17-/m1/s1. The fourth-order valence-electron chi connectivity index (χ4n) is 2.85. The van der Waals surface area contributed by atoms with Gasteiger partial charge in [0, 0.05) is 6.54 Å². The van der Waals surface area contributed by atoms with Gasteiger partial charge in [0.1, 0.15) is 11.8 Å². The number of para-hydroxylation sites is 1. The van der Waals surface area contributed by atoms with Crippen LogP contribution in [0, 0.1) is 0 Å². The summed E-state index contributed by atoms with van der Waals surface area (Å²) >= 11 is 0. The van der Waals surface area contributed by atoms with E-state index in [-0.39, 0.29) is 18.2 Å². The predicted molar refractivity (Wildman–Crippen MR) is 101 cm³/mol. The number of nitrogens with one attached hydrogen (secondary N) is 3. The van der Waals surface area contributed by atoms with Crippen LogP contribution >= 0.6 is 0 Å². The third-order valence-electron chi connectivity index (χ3n) is 4.34. The summed E-state index contributed by atoms with van der Waals surface area (Å²) in [4.78, 5) is 36.7. The molecule has 2 aromatic carbocycles. The van der Waals surface area contributed by atoms with Crippen LogP contribution in [0.3, 0.4) is 0 Å². The third kappa shape index (κ3) is 4.63. The Morgan fingerprint density at radius 1 is 1.11 bits per heavy atom. The summed E-state index contributed by atoms with van der Waals surface area (Å²) in [6.07, 6.45) is 0.540. The number of amides is 3. The highest BCUT2D eigenvalue weighted by molar-refractivity contribution is 6.10. The van der Waals surface area contributed by atoms with Gasteiger partial charge in [-0.2, -0.15) is 0 Å². The first kappa shape index (κ1) is 18.4. The second-order valence-corrected chi connectivity index (χ2v) is 6.21. The van der Waals surface area contributed by atoms with Crippen LogP contribution in [-0.4, -0.2) is 37.4 Å². The number of methoxy groups -OCH3 is 1. The van der Waals surface area contributed by atoms with E-state index < -0.39 is 11.9 Å². The molecule has 0 fully saturated rings. The topological polar surface area (TPSA) is 96.5 Å². The largest absolute Gasteiger partial charge is 0.497 e. The van der Waals surface area contributed by atoms with Gasteiger partial charge >= 0.3 is 0 Å². The van der Waals surface area contributed by atoms with E-state index in [2.05, 4.69) is 16.0 Å². The average molecular weight is 367 g/mol. The Kier molecular flexibility index (Phi) is 5.71. The van der Waals surface area contributed by atoms with E-state index in [4.69, 9.17) is 4.74 Å². The molecule has 3 amide bonds. The molecule has 3 rings (SSSR count). The smallest absolute Gasteiger partial charge is 0.254 e. The molecule has 1 aliphatic rings. The summed E-state index contributed by atoms with van der Waals surface area (Å²) in [5, 5.41) is 8.08. The van der Waals surface area contributed by atoms with Crippen LogP contribution < -0.4 is 20.7 Å². The highest BCUT2D eigenvalue weighted by Gasteiger charge is 2.29. The van der Waals surface area contributed by atoms with E-state index in [0.717, 1.165) is 11.3 Å². The number of carbonyl (C=O) groups excluding carboxylic acids is 3. The summed E-state index contributed by atoms with van der Waals surface area (Å²) in [6, 6.07) is 13.4. The lowest BCUT2D eigenvalue weighted by atomic mass is 10.1. The van der Waals surface area contributed by atoms with Crippen molar-refractivity contribution in [1.82, 2.24) is 10.6 Å². The summed E-state index contributed by atoms with van der Waals surface area (Å²) in [7, 11) is 1.61. The Hall–Kier alpha value is -3.35. The van der Waals surface area contributed by atoms with Crippen LogP contribution in [0.2, 0.25) is 0 Å². The molecule has 1 heterocycles. The maximum absolute atomic E-state index is 12.3.